The lowest BCUT2D eigenvalue weighted by Crippen LogP contribution is -1.92. The van der Waals surface area contributed by atoms with Crippen molar-refractivity contribution in [1.29, 1.82) is 0 Å². The van der Waals surface area contributed by atoms with Crippen molar-refractivity contribution in [3.8, 4) is 0 Å². The van der Waals surface area contributed by atoms with Crippen LogP contribution in [-0.4, -0.2) is 10.5 Å². The van der Waals surface area contributed by atoms with Crippen molar-refractivity contribution < 1.29 is 4.21 Å². The van der Waals surface area contributed by atoms with Crippen LogP contribution in [0.4, 0.5) is 0 Å². The molecule has 0 heterocycles. The fraction of sp³-hybridized carbons (Fsp3) is 0.200. The highest BCUT2D eigenvalue weighted by molar-refractivity contribution is 7.84. The second-order valence-corrected chi connectivity index (χ2v) is 4.08. The minimum Gasteiger partial charge on any atom is -0.255 e. The van der Waals surface area contributed by atoms with Crippen LogP contribution in [0.2, 0.25) is 0 Å². The average Bonchev–Trinajstić information content (AvgIpc) is 2.04. The van der Waals surface area contributed by atoms with Gasteiger partial charge in [0.1, 0.15) is 0 Å². The molecule has 12 heavy (non-hydrogen) atoms. The van der Waals surface area contributed by atoms with Gasteiger partial charge in [-0.1, -0.05) is 24.8 Å². The van der Waals surface area contributed by atoms with Gasteiger partial charge in [-0.25, -0.2) is 0 Å². The number of benzene rings is 1. The summed E-state index contributed by atoms with van der Waals surface area (Å²) in [5.74, 6) is 0. The number of hydrogen-bond donors (Lipinski definition) is 0. The van der Waals surface area contributed by atoms with Crippen LogP contribution in [0.5, 0.6) is 0 Å². The van der Waals surface area contributed by atoms with Gasteiger partial charge in [-0.05, 0) is 24.1 Å². The predicted molar refractivity (Wildman–Crippen MR) is 53.5 cm³/mol. The van der Waals surface area contributed by atoms with Crippen molar-refractivity contribution in [2.24, 2.45) is 0 Å². The molecule has 0 saturated heterocycles. The van der Waals surface area contributed by atoms with Gasteiger partial charge in [-0.2, -0.15) is 0 Å². The molecule has 0 aliphatic heterocycles. The molecule has 0 saturated carbocycles. The minimum atomic E-state index is -0.922. The Kier molecular flexibility index (Phi) is 2.82. The number of hydrogen-bond acceptors (Lipinski definition) is 1. The smallest absolute Gasteiger partial charge is 0.0504 e. The topological polar surface area (TPSA) is 17.1 Å². The summed E-state index contributed by atoms with van der Waals surface area (Å²) in [5.41, 5.74) is 1.96. The van der Waals surface area contributed by atoms with E-state index in [1.54, 1.807) is 6.26 Å². The molecule has 0 bridgehead atoms. The number of rotatable bonds is 2. The Hall–Kier alpha value is -0.890. The molecule has 1 aromatic carbocycles. The zero-order valence-corrected chi connectivity index (χ0v) is 8.15. The molecule has 64 valence electrons. The van der Waals surface area contributed by atoms with Crippen LogP contribution in [0, 0.1) is 0 Å². The first-order chi connectivity index (χ1) is 5.63. The van der Waals surface area contributed by atoms with E-state index in [1.807, 2.05) is 31.2 Å². The van der Waals surface area contributed by atoms with Crippen LogP contribution >= 0.6 is 0 Å². The highest BCUT2D eigenvalue weighted by Crippen LogP contribution is 2.19. The summed E-state index contributed by atoms with van der Waals surface area (Å²) in [7, 11) is -0.922. The first-order valence-electron chi connectivity index (χ1n) is 3.71. The zero-order chi connectivity index (χ0) is 9.14. The fourth-order valence-corrected chi connectivity index (χ4v) is 1.89. The Morgan fingerprint density at radius 3 is 2.42 bits per heavy atom. The molecule has 0 N–H and O–H groups in total. The van der Waals surface area contributed by atoms with Crippen molar-refractivity contribution in [1.82, 2.24) is 0 Å². The van der Waals surface area contributed by atoms with E-state index < -0.39 is 10.8 Å². The van der Waals surface area contributed by atoms with E-state index in [9.17, 15) is 4.21 Å². The third-order valence-electron chi connectivity index (χ3n) is 1.66. The van der Waals surface area contributed by atoms with E-state index in [1.165, 1.54) is 0 Å². The van der Waals surface area contributed by atoms with Gasteiger partial charge >= 0.3 is 0 Å². The molecule has 2 heteroatoms. The zero-order valence-electron chi connectivity index (χ0n) is 7.33. The van der Waals surface area contributed by atoms with Gasteiger partial charge in [0.25, 0.3) is 0 Å². The molecule has 0 radical (unpaired) electrons. The van der Waals surface area contributed by atoms with E-state index in [0.29, 0.717) is 0 Å². The highest BCUT2D eigenvalue weighted by Gasteiger charge is 2.04. The molecule has 0 spiro atoms. The summed E-state index contributed by atoms with van der Waals surface area (Å²) in [6.45, 7) is 5.76. The molecule has 1 aromatic rings. The fourth-order valence-electron chi connectivity index (χ4n) is 1.07. The largest absolute Gasteiger partial charge is 0.255 e. The van der Waals surface area contributed by atoms with Crippen molar-refractivity contribution in [2.45, 2.75) is 11.8 Å². The van der Waals surface area contributed by atoms with Crippen molar-refractivity contribution >= 4 is 16.4 Å². The molecule has 1 nitrogen and oxygen atoms in total. The van der Waals surface area contributed by atoms with Gasteiger partial charge < -0.3 is 0 Å². The Bertz CT molecular complexity index is 295. The molecule has 0 fully saturated rings. The van der Waals surface area contributed by atoms with Crippen LogP contribution in [0.3, 0.4) is 0 Å². The third kappa shape index (κ3) is 1.83. The standard InChI is InChI=1S/C10H12OS/c1-8(2)9-6-4-5-7-10(9)12(3)11/h4-7H,1H2,2-3H3. The Balaban J connectivity index is 3.27. The molecule has 0 amide bonds. The van der Waals surface area contributed by atoms with E-state index >= 15 is 0 Å². The van der Waals surface area contributed by atoms with Crippen LogP contribution in [0.25, 0.3) is 5.57 Å². The van der Waals surface area contributed by atoms with Crippen LogP contribution in [0.1, 0.15) is 12.5 Å². The van der Waals surface area contributed by atoms with Gasteiger partial charge in [0.15, 0.2) is 0 Å². The third-order valence-corrected chi connectivity index (χ3v) is 2.63. The first-order valence-corrected chi connectivity index (χ1v) is 5.27. The summed E-state index contributed by atoms with van der Waals surface area (Å²) < 4.78 is 11.2. The normalized spacial score (nSPS) is 12.5. The maximum absolute atomic E-state index is 11.2. The second kappa shape index (κ2) is 3.68. The van der Waals surface area contributed by atoms with Crippen molar-refractivity contribution in [2.75, 3.05) is 6.26 Å². The maximum Gasteiger partial charge on any atom is 0.0504 e. The quantitative estimate of drug-likeness (QED) is 0.683. The summed E-state index contributed by atoms with van der Waals surface area (Å²) in [4.78, 5) is 0.866. The summed E-state index contributed by atoms with van der Waals surface area (Å²) in [6.07, 6.45) is 1.68. The molecule has 0 aliphatic carbocycles. The number of allylic oxidation sites excluding steroid dienone is 1. The lowest BCUT2D eigenvalue weighted by Gasteiger charge is -2.04. The Morgan fingerprint density at radius 1 is 1.42 bits per heavy atom. The van der Waals surface area contributed by atoms with E-state index in [0.717, 1.165) is 16.0 Å². The van der Waals surface area contributed by atoms with Crippen molar-refractivity contribution in [3.05, 3.63) is 36.4 Å². The summed E-state index contributed by atoms with van der Waals surface area (Å²) >= 11 is 0. The molecular formula is C10H12OS. The van der Waals surface area contributed by atoms with Crippen LogP contribution in [0.15, 0.2) is 35.7 Å². The first kappa shape index (κ1) is 9.20. The Morgan fingerprint density at radius 2 is 2.00 bits per heavy atom. The lowest BCUT2D eigenvalue weighted by atomic mass is 10.1. The van der Waals surface area contributed by atoms with Crippen LogP contribution in [-0.2, 0) is 10.8 Å². The molecule has 0 aromatic heterocycles. The van der Waals surface area contributed by atoms with E-state index in [-0.39, 0.29) is 0 Å². The summed E-state index contributed by atoms with van der Waals surface area (Å²) in [5, 5.41) is 0. The van der Waals surface area contributed by atoms with E-state index in [2.05, 4.69) is 6.58 Å². The summed E-state index contributed by atoms with van der Waals surface area (Å²) in [6, 6.07) is 7.64. The highest BCUT2D eigenvalue weighted by atomic mass is 32.2. The molecule has 1 unspecified atom stereocenters. The minimum absolute atomic E-state index is 0.866. The van der Waals surface area contributed by atoms with Crippen LogP contribution < -0.4 is 0 Å². The molecule has 1 rings (SSSR count). The van der Waals surface area contributed by atoms with Gasteiger partial charge in [-0.15, -0.1) is 0 Å². The monoisotopic (exact) mass is 180 g/mol. The second-order valence-electron chi connectivity index (χ2n) is 2.73. The van der Waals surface area contributed by atoms with Crippen molar-refractivity contribution in [3.63, 3.8) is 0 Å². The van der Waals surface area contributed by atoms with Gasteiger partial charge in [0.2, 0.25) is 0 Å². The average molecular weight is 180 g/mol. The van der Waals surface area contributed by atoms with E-state index in [4.69, 9.17) is 0 Å². The molecular weight excluding hydrogens is 168 g/mol. The molecule has 1 atom stereocenters. The Labute approximate surface area is 75.6 Å². The maximum atomic E-state index is 11.2. The lowest BCUT2D eigenvalue weighted by molar-refractivity contribution is 0.686. The van der Waals surface area contributed by atoms with Gasteiger partial charge in [0, 0.05) is 11.2 Å². The predicted octanol–water partition coefficient (Wildman–Crippen LogP) is 2.46. The SMILES string of the molecule is C=C(C)c1ccccc1S(C)=O. The molecule has 0 aliphatic rings. The van der Waals surface area contributed by atoms with Gasteiger partial charge in [0.05, 0.1) is 10.8 Å². The van der Waals surface area contributed by atoms with Gasteiger partial charge in [-0.3, -0.25) is 4.21 Å².